The minimum Gasteiger partial charge on any atom is -0.481 e. The van der Waals surface area contributed by atoms with Crippen molar-refractivity contribution in [3.05, 3.63) is 18.0 Å². The Morgan fingerprint density at radius 1 is 1.72 bits per heavy atom. The fraction of sp³-hybridized carbons (Fsp3) is 0.692. The van der Waals surface area contributed by atoms with Gasteiger partial charge in [-0.1, -0.05) is 12.1 Å². The Kier molecular flexibility index (Phi) is 4.36. The van der Waals surface area contributed by atoms with E-state index in [1.165, 1.54) is 0 Å². The van der Waals surface area contributed by atoms with Crippen LogP contribution in [0.4, 0.5) is 0 Å². The van der Waals surface area contributed by atoms with Crippen LogP contribution in [0.5, 0.6) is 0 Å². The van der Waals surface area contributed by atoms with Gasteiger partial charge in [0.15, 0.2) is 0 Å². The number of likely N-dealkylation sites (tertiary alicyclic amines) is 1. The lowest BCUT2D eigenvalue weighted by Crippen LogP contribution is -2.37. The number of hydrogen-bond acceptors (Lipinski definition) is 4. The third kappa shape index (κ3) is 3.57. The number of nitrogens with zero attached hydrogens (tertiary/aromatic N) is 2. The van der Waals surface area contributed by atoms with E-state index in [0.29, 0.717) is 5.92 Å². The van der Waals surface area contributed by atoms with Crippen molar-refractivity contribution in [2.75, 3.05) is 13.1 Å². The molecule has 2 rings (SSSR count). The van der Waals surface area contributed by atoms with Gasteiger partial charge in [-0.2, -0.15) is 0 Å². The van der Waals surface area contributed by atoms with E-state index in [1.54, 1.807) is 12.5 Å². The second kappa shape index (κ2) is 6.00. The van der Waals surface area contributed by atoms with Crippen molar-refractivity contribution in [2.45, 2.75) is 32.7 Å². The highest BCUT2D eigenvalue weighted by Gasteiger charge is 2.26. The topological polar surface area (TPSA) is 66.6 Å². The molecule has 1 saturated heterocycles. The van der Waals surface area contributed by atoms with E-state index in [1.807, 2.05) is 6.92 Å². The average Bonchev–Trinajstić information content (AvgIpc) is 2.81. The molecule has 1 aliphatic rings. The van der Waals surface area contributed by atoms with Crippen LogP contribution >= 0.6 is 0 Å². The van der Waals surface area contributed by atoms with Gasteiger partial charge in [0, 0.05) is 25.1 Å². The fourth-order valence-electron chi connectivity index (χ4n) is 2.70. The van der Waals surface area contributed by atoms with Crippen LogP contribution in [0.15, 0.2) is 17.0 Å². The molecule has 0 amide bonds. The number of aliphatic carboxylic acids is 1. The molecule has 0 bridgehead atoms. The Morgan fingerprint density at radius 2 is 2.56 bits per heavy atom. The molecular formula is C13H20N2O3. The second-order valence-corrected chi connectivity index (χ2v) is 5.25. The summed E-state index contributed by atoms with van der Waals surface area (Å²) in [5.41, 5.74) is 1.08. The van der Waals surface area contributed by atoms with Crippen molar-refractivity contribution in [3.8, 4) is 0 Å². The molecule has 0 spiro atoms. The van der Waals surface area contributed by atoms with Crippen LogP contribution in [0.3, 0.4) is 0 Å². The van der Waals surface area contributed by atoms with Gasteiger partial charge in [-0.15, -0.1) is 0 Å². The summed E-state index contributed by atoms with van der Waals surface area (Å²) in [6.07, 6.45) is 5.95. The van der Waals surface area contributed by atoms with Crippen molar-refractivity contribution in [2.24, 2.45) is 11.8 Å². The highest BCUT2D eigenvalue weighted by atomic mass is 16.5. The summed E-state index contributed by atoms with van der Waals surface area (Å²) in [5, 5.41) is 12.6. The Hall–Kier alpha value is -1.36. The van der Waals surface area contributed by atoms with Gasteiger partial charge in [-0.3, -0.25) is 9.69 Å². The van der Waals surface area contributed by atoms with E-state index in [4.69, 9.17) is 9.63 Å². The molecule has 100 valence electrons. The Morgan fingerprint density at radius 3 is 3.22 bits per heavy atom. The molecule has 18 heavy (non-hydrogen) atoms. The Balaban J connectivity index is 1.86. The second-order valence-electron chi connectivity index (χ2n) is 5.25. The molecule has 5 nitrogen and oxygen atoms in total. The van der Waals surface area contributed by atoms with E-state index >= 15 is 0 Å². The molecule has 0 radical (unpaired) electrons. The lowest BCUT2D eigenvalue weighted by Gasteiger charge is -2.35. The molecule has 1 aromatic rings. The highest BCUT2D eigenvalue weighted by molar-refractivity contribution is 5.67. The van der Waals surface area contributed by atoms with Gasteiger partial charge in [0.05, 0.1) is 6.20 Å². The molecular weight excluding hydrogens is 232 g/mol. The minimum atomic E-state index is -0.696. The van der Waals surface area contributed by atoms with E-state index < -0.39 is 5.97 Å². The van der Waals surface area contributed by atoms with Crippen molar-refractivity contribution in [3.63, 3.8) is 0 Å². The first-order valence-corrected chi connectivity index (χ1v) is 6.47. The summed E-state index contributed by atoms with van der Waals surface area (Å²) < 4.78 is 4.83. The number of carbonyl (C=O) groups is 1. The predicted molar refractivity (Wildman–Crippen MR) is 65.9 cm³/mol. The van der Waals surface area contributed by atoms with Gasteiger partial charge in [0.25, 0.3) is 0 Å². The van der Waals surface area contributed by atoms with Crippen LogP contribution < -0.4 is 0 Å². The van der Waals surface area contributed by atoms with Crippen LogP contribution in [0.2, 0.25) is 0 Å². The zero-order chi connectivity index (χ0) is 13.0. The molecule has 0 aliphatic carbocycles. The fourth-order valence-corrected chi connectivity index (χ4v) is 2.70. The van der Waals surface area contributed by atoms with E-state index in [0.717, 1.165) is 38.0 Å². The minimum absolute atomic E-state index is 0.243. The van der Waals surface area contributed by atoms with Crippen LogP contribution in [0.1, 0.15) is 31.7 Å². The first kappa shape index (κ1) is 13.1. The van der Waals surface area contributed by atoms with E-state index in [2.05, 4.69) is 10.1 Å². The molecule has 0 saturated carbocycles. The average molecular weight is 252 g/mol. The van der Waals surface area contributed by atoms with Gasteiger partial charge < -0.3 is 9.63 Å². The van der Waals surface area contributed by atoms with Crippen LogP contribution in [-0.4, -0.2) is 34.2 Å². The first-order valence-electron chi connectivity index (χ1n) is 6.47. The maximum absolute atomic E-state index is 10.8. The van der Waals surface area contributed by atoms with E-state index in [9.17, 15) is 4.79 Å². The largest absolute Gasteiger partial charge is 0.481 e. The number of rotatable bonds is 5. The number of carboxylic acids is 1. The summed E-state index contributed by atoms with van der Waals surface area (Å²) in [5.74, 6) is 0.0288. The number of piperidine rings is 1. The third-order valence-corrected chi connectivity index (χ3v) is 3.73. The summed E-state index contributed by atoms with van der Waals surface area (Å²) in [4.78, 5) is 13.1. The van der Waals surface area contributed by atoms with Gasteiger partial charge in [-0.25, -0.2) is 0 Å². The van der Waals surface area contributed by atoms with Gasteiger partial charge in [0.1, 0.15) is 6.26 Å². The zero-order valence-corrected chi connectivity index (χ0v) is 10.7. The van der Waals surface area contributed by atoms with Crippen LogP contribution in [0, 0.1) is 11.8 Å². The van der Waals surface area contributed by atoms with E-state index in [-0.39, 0.29) is 12.3 Å². The summed E-state index contributed by atoms with van der Waals surface area (Å²) in [7, 11) is 0. The molecule has 1 aliphatic heterocycles. The van der Waals surface area contributed by atoms with Gasteiger partial charge in [-0.05, 0) is 31.2 Å². The molecule has 1 fully saturated rings. The normalized spacial score (nSPS) is 22.8. The first-order chi connectivity index (χ1) is 8.65. The van der Waals surface area contributed by atoms with Crippen molar-refractivity contribution in [1.82, 2.24) is 10.1 Å². The molecule has 2 atom stereocenters. The van der Waals surface area contributed by atoms with Crippen molar-refractivity contribution < 1.29 is 14.4 Å². The van der Waals surface area contributed by atoms with Gasteiger partial charge >= 0.3 is 5.97 Å². The maximum atomic E-state index is 10.8. The van der Waals surface area contributed by atoms with Crippen molar-refractivity contribution in [1.29, 1.82) is 0 Å². The molecule has 0 aromatic carbocycles. The summed E-state index contributed by atoms with van der Waals surface area (Å²) in [6.45, 7) is 4.93. The monoisotopic (exact) mass is 252 g/mol. The summed E-state index contributed by atoms with van der Waals surface area (Å²) in [6, 6.07) is 0. The Labute approximate surface area is 107 Å². The molecule has 2 heterocycles. The molecule has 5 heteroatoms. The zero-order valence-electron chi connectivity index (χ0n) is 10.7. The number of hydrogen-bond donors (Lipinski definition) is 1. The predicted octanol–water partition coefficient (Wildman–Crippen LogP) is 2.00. The maximum Gasteiger partial charge on any atom is 0.303 e. The van der Waals surface area contributed by atoms with Crippen LogP contribution in [-0.2, 0) is 11.3 Å². The lowest BCUT2D eigenvalue weighted by atomic mass is 9.84. The van der Waals surface area contributed by atoms with Gasteiger partial charge in [0.2, 0.25) is 0 Å². The van der Waals surface area contributed by atoms with Crippen LogP contribution in [0.25, 0.3) is 0 Å². The number of carboxylic acid groups (broad SMARTS) is 1. The van der Waals surface area contributed by atoms with Crippen molar-refractivity contribution >= 4 is 5.97 Å². The smallest absolute Gasteiger partial charge is 0.303 e. The molecule has 2 unspecified atom stereocenters. The standard InChI is InChI=1S/C13H20N2O3/c1-10(5-13(16)17)12-3-2-4-15(8-12)7-11-6-14-18-9-11/h6,9-10,12H,2-5,7-8H2,1H3,(H,16,17). The third-order valence-electron chi connectivity index (χ3n) is 3.73. The number of aromatic nitrogens is 1. The summed E-state index contributed by atoms with van der Waals surface area (Å²) >= 11 is 0. The SMILES string of the molecule is CC(CC(=O)O)C1CCCN(Cc2cnoc2)C1. The molecule has 1 aromatic heterocycles. The lowest BCUT2D eigenvalue weighted by molar-refractivity contribution is -0.138. The molecule has 1 N–H and O–H groups in total. The Bertz CT molecular complexity index is 378. The quantitative estimate of drug-likeness (QED) is 0.868. The highest BCUT2D eigenvalue weighted by Crippen LogP contribution is 2.26.